The molecule has 11 unspecified atom stereocenters. The van der Waals surface area contributed by atoms with E-state index in [4.69, 9.17) is 51.6 Å². The van der Waals surface area contributed by atoms with Crippen molar-refractivity contribution in [3.8, 4) is 0 Å². The molecule has 30 nitrogen and oxygen atoms in total. The number of unbranched alkanes of at least 4 members (excludes halogenated alkanes) is 5. The molecule has 0 bridgehead atoms. The highest BCUT2D eigenvalue weighted by Gasteiger charge is 2.41. The lowest BCUT2D eigenvalue weighted by molar-refractivity contribution is -0.142. The molecule has 89 heavy (non-hydrogen) atoms. The second-order valence-electron chi connectivity index (χ2n) is 23.1. The van der Waals surface area contributed by atoms with E-state index in [1.807, 2.05) is 0 Å². The number of nitrogens with one attached hydrogen (secondary N) is 6. The van der Waals surface area contributed by atoms with E-state index < -0.39 is 145 Å². The maximum atomic E-state index is 14.7. The van der Waals surface area contributed by atoms with Crippen molar-refractivity contribution in [3.05, 3.63) is 18.2 Å². The van der Waals surface area contributed by atoms with E-state index in [9.17, 15) is 58.2 Å². The predicted octanol–water partition coefficient (Wildman–Crippen LogP) is -3.59. The highest BCUT2D eigenvalue weighted by molar-refractivity contribution is 5.98. The number of carbonyl (C=O) groups excluding carboxylic acids is 10. The van der Waals surface area contributed by atoms with Crippen LogP contribution in [0.1, 0.15) is 160 Å². The van der Waals surface area contributed by atoms with Gasteiger partial charge in [0, 0.05) is 95.0 Å². The number of amides is 6. The minimum atomic E-state index is -1.67. The van der Waals surface area contributed by atoms with Gasteiger partial charge in [0.25, 0.3) is 0 Å². The summed E-state index contributed by atoms with van der Waals surface area (Å²) in [7, 11) is 0. The Morgan fingerprint density at radius 1 is 0.640 bits per heavy atom. The number of aromatic nitrogens is 2. The number of H-pyrrole nitrogens is 1. The summed E-state index contributed by atoms with van der Waals surface area (Å²) in [5, 5.41) is 35.2. The zero-order chi connectivity index (χ0) is 66.3. The minimum absolute atomic E-state index is 0.0335. The van der Waals surface area contributed by atoms with Gasteiger partial charge in [-0.15, -0.1) is 0 Å². The molecule has 2 heterocycles. The summed E-state index contributed by atoms with van der Waals surface area (Å²) in [5.74, 6) is -9.50. The smallest absolute Gasteiger partial charge is 0.245 e. The summed E-state index contributed by atoms with van der Waals surface area (Å²) < 4.78 is 0. The third-order valence-corrected chi connectivity index (χ3v) is 15.9. The molecule has 0 radical (unpaired) electrons. The van der Waals surface area contributed by atoms with Gasteiger partial charge in [-0.05, 0) is 110 Å². The molecule has 506 valence electrons. The van der Waals surface area contributed by atoms with Gasteiger partial charge in [-0.3, -0.25) is 52.9 Å². The first-order valence-electron chi connectivity index (χ1n) is 31.8. The monoisotopic (exact) mass is 1260 g/mol. The SMILES string of the molecule is CCCCCNC(=O)C(CCCCN)CC(=O)C(CCCN=C(N)N)NC(=O)C(CCCCN)CC(=O)C(Cc1cnc[nH]1)NC(=O)C1CCCN1C(=O)C(CCCN)NC(=O)CCC(=O)C(NC(=O)C(CC(=O)C(N)CCCCN)C(O)CN)C(O)CN. The molecule has 6 amide bonds. The van der Waals surface area contributed by atoms with Crippen molar-refractivity contribution in [3.63, 3.8) is 0 Å². The van der Waals surface area contributed by atoms with E-state index in [0.29, 0.717) is 89.7 Å². The van der Waals surface area contributed by atoms with E-state index in [1.165, 1.54) is 17.4 Å². The van der Waals surface area contributed by atoms with Crippen LogP contribution in [0.4, 0.5) is 0 Å². The third-order valence-electron chi connectivity index (χ3n) is 15.9. The number of Topliss-reactive ketones (excluding diaryl/α,β-unsaturated/α-hetero) is 4. The largest absolute Gasteiger partial charge is 0.391 e. The van der Waals surface area contributed by atoms with E-state index in [-0.39, 0.29) is 95.1 Å². The van der Waals surface area contributed by atoms with Crippen LogP contribution in [0.15, 0.2) is 17.5 Å². The summed E-state index contributed by atoms with van der Waals surface area (Å²) in [6.45, 7) is 3.06. The summed E-state index contributed by atoms with van der Waals surface area (Å²) in [4.78, 5) is 152. The summed E-state index contributed by atoms with van der Waals surface area (Å²) in [6.07, 6.45) is 5.64. The first-order valence-corrected chi connectivity index (χ1v) is 31.8. The molecule has 1 saturated heterocycles. The Hall–Kier alpha value is -6.38. The lowest BCUT2D eigenvalue weighted by atomic mass is 9.89. The predicted molar refractivity (Wildman–Crippen MR) is 336 cm³/mol. The summed E-state index contributed by atoms with van der Waals surface area (Å²) in [5.41, 5.74) is 52.0. The van der Waals surface area contributed by atoms with Crippen molar-refractivity contribution < 1.29 is 58.2 Å². The van der Waals surface area contributed by atoms with Crippen molar-refractivity contribution in [1.82, 2.24) is 41.5 Å². The number of aliphatic imine (C=N–C) groups is 1. The molecule has 0 spiro atoms. The fourth-order valence-electron chi connectivity index (χ4n) is 10.6. The number of imidazole rings is 1. The van der Waals surface area contributed by atoms with Crippen molar-refractivity contribution in [1.29, 1.82) is 0 Å². The van der Waals surface area contributed by atoms with Crippen molar-refractivity contribution in [2.75, 3.05) is 58.9 Å². The Morgan fingerprint density at radius 3 is 1.83 bits per heavy atom. The molecule has 11 atom stereocenters. The number of hydrogen-bond acceptors (Lipinski definition) is 21. The number of guanidine groups is 1. The van der Waals surface area contributed by atoms with Crippen LogP contribution < -0.4 is 78.2 Å². The van der Waals surface area contributed by atoms with Gasteiger partial charge in [-0.1, -0.05) is 39.0 Å². The Labute approximate surface area is 523 Å². The third kappa shape index (κ3) is 29.9. The molecule has 1 aromatic heterocycles. The molecule has 0 aromatic carbocycles. The molecule has 1 aromatic rings. The number of likely N-dealkylation sites (tertiary alicyclic amines) is 1. The maximum absolute atomic E-state index is 14.7. The van der Waals surface area contributed by atoms with Crippen LogP contribution in [0.2, 0.25) is 0 Å². The standard InChI is InChI=1S/C59H108N18O12/c1-2-3-10-26-70-54(85)37(14-4-7-22-60)29-48(80)42(18-12-27-71-59(67)68)74-55(86)38(15-5-8-23-61)30-49(81)44(31-39-35-69-36-72-39)75-57(88)45-19-13-28-77(45)58(89)43(17-11-25-63)73-52(84)21-20-46(78)53(51(83)34-65)76-56(87)40(50(82)33-64)32-47(79)41(66)16-6-9-24-62/h35-38,40-45,50-51,53,82-83H,2-34,60-66H2,1H3,(H,69,72)(H,70,85)(H,73,84)(H,74,86)(H,75,88)(H,76,87)(H4,67,68,71). The van der Waals surface area contributed by atoms with Crippen LogP contribution in [0, 0.1) is 17.8 Å². The lowest BCUT2D eigenvalue weighted by Crippen LogP contribution is -2.56. The second kappa shape index (κ2) is 45.0. The van der Waals surface area contributed by atoms with E-state index >= 15 is 0 Å². The number of aliphatic hydroxyl groups excluding tert-OH is 2. The molecule has 2 rings (SSSR count). The van der Waals surface area contributed by atoms with Crippen molar-refractivity contribution >= 4 is 64.5 Å². The first kappa shape index (κ1) is 78.7. The number of rotatable bonds is 51. The summed E-state index contributed by atoms with van der Waals surface area (Å²) in [6, 6.07) is -7.31. The van der Waals surface area contributed by atoms with Gasteiger partial charge in [-0.25, -0.2) is 4.98 Å². The first-order chi connectivity index (χ1) is 42.6. The molecule has 0 aliphatic carbocycles. The van der Waals surface area contributed by atoms with Gasteiger partial charge in [0.2, 0.25) is 35.4 Å². The normalized spacial score (nSPS) is 16.5. The molecule has 0 saturated carbocycles. The number of hydrogen-bond donors (Lipinski definition) is 17. The highest BCUT2D eigenvalue weighted by atomic mass is 16.3. The zero-order valence-electron chi connectivity index (χ0n) is 52.4. The van der Waals surface area contributed by atoms with Crippen LogP contribution >= 0.6 is 0 Å². The second-order valence-corrected chi connectivity index (χ2v) is 23.1. The number of aromatic amines is 1. The number of aliphatic hydroxyl groups is 2. The van der Waals surface area contributed by atoms with Crippen molar-refractivity contribution in [2.24, 2.45) is 74.3 Å². The average molecular weight is 1260 g/mol. The number of ketones is 4. The Balaban J connectivity index is 2.37. The van der Waals surface area contributed by atoms with Gasteiger partial charge < -0.3 is 98.3 Å². The highest BCUT2D eigenvalue weighted by Crippen LogP contribution is 2.24. The molecule has 30 heteroatoms. The number of nitrogens with two attached hydrogens (primary N) is 9. The van der Waals surface area contributed by atoms with Crippen LogP contribution in [-0.2, 0) is 54.4 Å². The van der Waals surface area contributed by atoms with Crippen LogP contribution in [0.25, 0.3) is 0 Å². The van der Waals surface area contributed by atoms with Crippen LogP contribution in [0.3, 0.4) is 0 Å². The zero-order valence-corrected chi connectivity index (χ0v) is 52.4. The van der Waals surface area contributed by atoms with Gasteiger partial charge in [0.05, 0.1) is 42.6 Å². The van der Waals surface area contributed by atoms with Crippen LogP contribution in [-0.4, -0.2) is 197 Å². The molecule has 1 aliphatic heterocycles. The van der Waals surface area contributed by atoms with E-state index in [2.05, 4.69) is 48.5 Å². The van der Waals surface area contributed by atoms with Crippen LogP contribution in [0.5, 0.6) is 0 Å². The summed E-state index contributed by atoms with van der Waals surface area (Å²) >= 11 is 0. The lowest BCUT2D eigenvalue weighted by Gasteiger charge is -2.30. The average Bonchev–Trinajstić information content (AvgIpc) is 3.90. The Bertz CT molecular complexity index is 2350. The maximum Gasteiger partial charge on any atom is 0.245 e. The minimum Gasteiger partial charge on any atom is -0.391 e. The molecule has 1 aliphatic rings. The molecular weight excluding hydrogens is 1150 g/mol. The molecule has 26 N–H and O–H groups in total. The number of carbonyl (C=O) groups is 10. The van der Waals surface area contributed by atoms with Gasteiger partial charge in [-0.2, -0.15) is 0 Å². The van der Waals surface area contributed by atoms with E-state index in [1.54, 1.807) is 0 Å². The van der Waals surface area contributed by atoms with Gasteiger partial charge in [0.1, 0.15) is 23.9 Å². The van der Waals surface area contributed by atoms with Crippen molar-refractivity contribution in [2.45, 2.75) is 209 Å². The quantitative estimate of drug-likeness (QED) is 0.0170. The fraction of sp³-hybridized carbons (Fsp3) is 0.763. The Kier molecular flexibility index (Phi) is 39.8. The van der Waals surface area contributed by atoms with E-state index in [0.717, 1.165) is 19.3 Å². The number of nitrogens with zero attached hydrogens (tertiary/aromatic N) is 3. The Morgan fingerprint density at radius 2 is 1.25 bits per heavy atom. The van der Waals surface area contributed by atoms with Gasteiger partial charge in [0.15, 0.2) is 23.3 Å². The van der Waals surface area contributed by atoms with Gasteiger partial charge >= 0.3 is 0 Å². The fourth-order valence-corrected chi connectivity index (χ4v) is 10.6. The molecule has 1 fully saturated rings. The molecular formula is C59H108N18O12. The topological polar surface area (TPSA) is 550 Å².